The smallest absolute Gasteiger partial charge is 0.256 e. The number of thioether (sulfide) groups is 1. The van der Waals surface area contributed by atoms with Crippen LogP contribution in [0.3, 0.4) is 0 Å². The van der Waals surface area contributed by atoms with Crippen molar-refractivity contribution in [2.24, 2.45) is 5.92 Å². The molecule has 2 aliphatic rings. The summed E-state index contributed by atoms with van der Waals surface area (Å²) in [6.45, 7) is 3.88. The van der Waals surface area contributed by atoms with E-state index < -0.39 is 0 Å². The monoisotopic (exact) mass is 349 g/mol. The highest BCUT2D eigenvalue weighted by atomic mass is 32.2. The van der Waals surface area contributed by atoms with Crippen molar-refractivity contribution in [2.75, 3.05) is 45.6 Å². The maximum atomic E-state index is 12.7. The normalized spacial score (nSPS) is 19.4. The minimum absolute atomic E-state index is 0.0183. The van der Waals surface area contributed by atoms with Gasteiger partial charge in [-0.15, -0.1) is 11.8 Å². The van der Waals surface area contributed by atoms with Gasteiger partial charge in [0.25, 0.3) is 5.91 Å². The third-order valence-corrected chi connectivity index (χ3v) is 5.36. The zero-order valence-electron chi connectivity index (χ0n) is 13.9. The molecule has 0 N–H and O–H groups in total. The molecule has 2 fully saturated rings. The van der Waals surface area contributed by atoms with Crippen molar-refractivity contribution < 1.29 is 14.3 Å². The van der Waals surface area contributed by atoms with E-state index in [2.05, 4.69) is 4.98 Å². The molecule has 0 saturated carbocycles. The van der Waals surface area contributed by atoms with Crippen molar-refractivity contribution in [3.63, 3.8) is 0 Å². The Kier molecular flexibility index (Phi) is 5.73. The molecule has 2 amide bonds. The summed E-state index contributed by atoms with van der Waals surface area (Å²) in [5.41, 5.74) is 0.656. The van der Waals surface area contributed by atoms with Crippen LogP contribution in [-0.2, 0) is 9.53 Å². The van der Waals surface area contributed by atoms with E-state index in [9.17, 15) is 9.59 Å². The summed E-state index contributed by atoms with van der Waals surface area (Å²) in [6.07, 6.45) is 5.09. The summed E-state index contributed by atoms with van der Waals surface area (Å²) < 4.78 is 5.30. The number of nitrogens with zero attached hydrogens (tertiary/aromatic N) is 3. The molecule has 0 aromatic carbocycles. The van der Waals surface area contributed by atoms with Crippen molar-refractivity contribution in [3.8, 4) is 0 Å². The van der Waals surface area contributed by atoms with Gasteiger partial charge in [-0.25, -0.2) is 4.98 Å². The van der Waals surface area contributed by atoms with Crippen LogP contribution in [-0.4, -0.2) is 72.2 Å². The van der Waals surface area contributed by atoms with E-state index in [0.29, 0.717) is 45.0 Å². The van der Waals surface area contributed by atoms with E-state index in [-0.39, 0.29) is 17.7 Å². The highest BCUT2D eigenvalue weighted by molar-refractivity contribution is 7.98. The number of carbonyl (C=O) groups is 2. The molecule has 3 heterocycles. The van der Waals surface area contributed by atoms with Gasteiger partial charge in [-0.05, 0) is 31.2 Å². The highest BCUT2D eigenvalue weighted by Gasteiger charge is 2.31. The van der Waals surface area contributed by atoms with Gasteiger partial charge in [-0.2, -0.15) is 0 Å². The molecular formula is C17H23N3O3S. The van der Waals surface area contributed by atoms with Gasteiger partial charge in [-0.1, -0.05) is 0 Å². The van der Waals surface area contributed by atoms with Crippen LogP contribution in [0.15, 0.2) is 23.4 Å². The molecule has 0 bridgehead atoms. The molecule has 3 rings (SSSR count). The van der Waals surface area contributed by atoms with Crippen LogP contribution in [0.5, 0.6) is 0 Å². The molecule has 7 heteroatoms. The number of morpholine rings is 1. The quantitative estimate of drug-likeness (QED) is 0.774. The third-order valence-electron chi connectivity index (χ3n) is 4.65. The predicted octanol–water partition coefficient (Wildman–Crippen LogP) is 1.51. The molecular weight excluding hydrogens is 326 g/mol. The van der Waals surface area contributed by atoms with E-state index in [1.165, 1.54) is 11.8 Å². The zero-order valence-corrected chi connectivity index (χ0v) is 14.8. The number of hydrogen-bond acceptors (Lipinski definition) is 5. The maximum Gasteiger partial charge on any atom is 0.256 e. The van der Waals surface area contributed by atoms with Crippen LogP contribution in [0.4, 0.5) is 0 Å². The fourth-order valence-electron chi connectivity index (χ4n) is 3.26. The first kappa shape index (κ1) is 17.2. The van der Waals surface area contributed by atoms with Gasteiger partial charge < -0.3 is 14.5 Å². The maximum absolute atomic E-state index is 12.7. The van der Waals surface area contributed by atoms with Crippen LogP contribution < -0.4 is 0 Å². The molecule has 0 radical (unpaired) electrons. The summed E-state index contributed by atoms with van der Waals surface area (Å²) in [5, 5.41) is 0.758. The minimum Gasteiger partial charge on any atom is -0.378 e. The Bertz CT molecular complexity index is 596. The second-order valence-corrected chi connectivity index (χ2v) is 6.86. The van der Waals surface area contributed by atoms with Gasteiger partial charge in [0.2, 0.25) is 5.91 Å². The standard InChI is InChI=1S/C17H23N3O3S/c1-24-15-14(3-2-6-18-15)17(22)19-7-4-13(5-8-19)16(21)20-9-11-23-12-10-20/h2-3,6,13H,4-5,7-12H2,1H3. The lowest BCUT2D eigenvalue weighted by Crippen LogP contribution is -2.47. The second kappa shape index (κ2) is 7.98. The molecule has 130 valence electrons. The van der Waals surface area contributed by atoms with E-state index in [0.717, 1.165) is 17.9 Å². The molecule has 1 aromatic rings. The van der Waals surface area contributed by atoms with Gasteiger partial charge in [0.1, 0.15) is 5.03 Å². The van der Waals surface area contributed by atoms with Crippen LogP contribution in [0.1, 0.15) is 23.2 Å². The first-order valence-corrected chi connectivity index (χ1v) is 9.58. The molecule has 0 aliphatic carbocycles. The highest BCUT2D eigenvalue weighted by Crippen LogP contribution is 2.24. The number of aromatic nitrogens is 1. The summed E-state index contributed by atoms with van der Waals surface area (Å²) >= 11 is 1.48. The minimum atomic E-state index is 0.0183. The third kappa shape index (κ3) is 3.72. The number of ether oxygens (including phenoxy) is 1. The first-order chi connectivity index (χ1) is 11.7. The van der Waals surface area contributed by atoms with Crippen molar-refractivity contribution in [1.82, 2.24) is 14.8 Å². The molecule has 0 unspecified atom stereocenters. The molecule has 0 spiro atoms. The second-order valence-electron chi connectivity index (χ2n) is 6.06. The number of rotatable bonds is 3. The zero-order chi connectivity index (χ0) is 16.9. The van der Waals surface area contributed by atoms with E-state index in [1.807, 2.05) is 22.1 Å². The summed E-state index contributed by atoms with van der Waals surface area (Å²) in [4.78, 5) is 33.3. The predicted molar refractivity (Wildman–Crippen MR) is 92.0 cm³/mol. The number of hydrogen-bond donors (Lipinski definition) is 0. The number of carbonyl (C=O) groups excluding carboxylic acids is 2. The summed E-state index contributed by atoms with van der Waals surface area (Å²) in [5.74, 6) is 0.266. The Labute approximate surface area is 146 Å². The average molecular weight is 349 g/mol. The van der Waals surface area contributed by atoms with Gasteiger partial charge in [0.15, 0.2) is 0 Å². The van der Waals surface area contributed by atoms with E-state index >= 15 is 0 Å². The number of amides is 2. The van der Waals surface area contributed by atoms with Gasteiger partial charge in [0.05, 0.1) is 18.8 Å². The fraction of sp³-hybridized carbons (Fsp3) is 0.588. The van der Waals surface area contributed by atoms with Gasteiger partial charge >= 0.3 is 0 Å². The summed E-state index contributed by atoms with van der Waals surface area (Å²) in [7, 11) is 0. The van der Waals surface area contributed by atoms with Crippen molar-refractivity contribution in [2.45, 2.75) is 17.9 Å². The lowest BCUT2D eigenvalue weighted by atomic mass is 9.94. The molecule has 0 atom stereocenters. The molecule has 6 nitrogen and oxygen atoms in total. The van der Waals surface area contributed by atoms with E-state index in [1.54, 1.807) is 12.3 Å². The number of pyridine rings is 1. The van der Waals surface area contributed by atoms with Crippen molar-refractivity contribution in [1.29, 1.82) is 0 Å². The first-order valence-electron chi connectivity index (χ1n) is 8.35. The van der Waals surface area contributed by atoms with Crippen LogP contribution in [0.2, 0.25) is 0 Å². The lowest BCUT2D eigenvalue weighted by Gasteiger charge is -2.35. The van der Waals surface area contributed by atoms with Gasteiger partial charge in [0, 0.05) is 38.3 Å². The Morgan fingerprint density at radius 2 is 1.88 bits per heavy atom. The van der Waals surface area contributed by atoms with Crippen molar-refractivity contribution in [3.05, 3.63) is 23.9 Å². The SMILES string of the molecule is CSc1ncccc1C(=O)N1CCC(C(=O)N2CCOCC2)CC1. The van der Waals surface area contributed by atoms with E-state index in [4.69, 9.17) is 4.74 Å². The Balaban J connectivity index is 1.58. The van der Waals surface area contributed by atoms with Crippen LogP contribution >= 0.6 is 11.8 Å². The number of likely N-dealkylation sites (tertiary alicyclic amines) is 1. The number of piperidine rings is 1. The van der Waals surface area contributed by atoms with Crippen LogP contribution in [0.25, 0.3) is 0 Å². The van der Waals surface area contributed by atoms with Crippen molar-refractivity contribution >= 4 is 23.6 Å². The van der Waals surface area contributed by atoms with Crippen LogP contribution in [0, 0.1) is 5.92 Å². The topological polar surface area (TPSA) is 62.7 Å². The molecule has 2 aliphatic heterocycles. The Hall–Kier alpha value is -1.60. The Morgan fingerprint density at radius 1 is 1.17 bits per heavy atom. The van der Waals surface area contributed by atoms with Gasteiger partial charge in [-0.3, -0.25) is 9.59 Å². The lowest BCUT2D eigenvalue weighted by molar-refractivity contribution is -0.141. The molecule has 24 heavy (non-hydrogen) atoms. The average Bonchev–Trinajstić information content (AvgIpc) is 2.67. The molecule has 1 aromatic heterocycles. The Morgan fingerprint density at radius 3 is 2.54 bits per heavy atom. The largest absolute Gasteiger partial charge is 0.378 e. The fourth-order valence-corrected chi connectivity index (χ4v) is 3.80. The molecule has 2 saturated heterocycles. The summed E-state index contributed by atoms with van der Waals surface area (Å²) in [6, 6.07) is 3.62.